The Morgan fingerprint density at radius 2 is 1.67 bits per heavy atom. The van der Waals surface area contributed by atoms with Crippen LogP contribution in [0.3, 0.4) is 0 Å². The summed E-state index contributed by atoms with van der Waals surface area (Å²) in [5.41, 5.74) is 1.18. The summed E-state index contributed by atoms with van der Waals surface area (Å²) in [7, 11) is -3.30. The molecule has 2 rings (SSSR count). The molecule has 2 aromatic rings. The Morgan fingerprint density at radius 3 is 2.22 bits per heavy atom. The largest absolute Gasteiger partial charge is 0.507 e. The van der Waals surface area contributed by atoms with Gasteiger partial charge in [0.2, 0.25) is 0 Å². The molecular weight excluding hydrogens is 272 g/mol. The second-order valence-electron chi connectivity index (χ2n) is 3.96. The Morgan fingerprint density at radius 1 is 1.06 bits per heavy atom. The SMILES string of the molecule is CS(=O)(=O)c1ccc(O)c(-c2ccc(Cl)cc2)c1. The van der Waals surface area contributed by atoms with Crippen molar-refractivity contribution < 1.29 is 13.5 Å². The number of aromatic hydroxyl groups is 1. The third-order valence-electron chi connectivity index (χ3n) is 2.55. The molecule has 0 aliphatic rings. The molecular formula is C13H11ClO3S. The van der Waals surface area contributed by atoms with E-state index in [9.17, 15) is 13.5 Å². The molecule has 0 aliphatic carbocycles. The van der Waals surface area contributed by atoms with E-state index in [1.807, 2.05) is 0 Å². The van der Waals surface area contributed by atoms with E-state index in [2.05, 4.69) is 0 Å². The van der Waals surface area contributed by atoms with Crippen LogP contribution in [0.15, 0.2) is 47.4 Å². The smallest absolute Gasteiger partial charge is 0.175 e. The molecule has 0 heterocycles. The Balaban J connectivity index is 2.60. The zero-order valence-electron chi connectivity index (χ0n) is 9.59. The van der Waals surface area contributed by atoms with Crippen molar-refractivity contribution in [3.05, 3.63) is 47.5 Å². The lowest BCUT2D eigenvalue weighted by molar-refractivity contribution is 0.477. The van der Waals surface area contributed by atoms with Gasteiger partial charge in [-0.05, 0) is 35.9 Å². The lowest BCUT2D eigenvalue weighted by Crippen LogP contribution is -1.97. The maximum atomic E-state index is 11.5. The minimum atomic E-state index is -3.30. The highest BCUT2D eigenvalue weighted by Crippen LogP contribution is 2.31. The summed E-state index contributed by atoms with van der Waals surface area (Å²) in [4.78, 5) is 0.172. The van der Waals surface area contributed by atoms with E-state index >= 15 is 0 Å². The fourth-order valence-electron chi connectivity index (χ4n) is 1.61. The summed E-state index contributed by atoms with van der Waals surface area (Å²) in [5, 5.41) is 10.4. The number of rotatable bonds is 2. The maximum Gasteiger partial charge on any atom is 0.175 e. The number of phenolic OH excluding ortho intramolecular Hbond substituents is 1. The van der Waals surface area contributed by atoms with Gasteiger partial charge in [-0.15, -0.1) is 0 Å². The molecule has 5 heteroatoms. The second-order valence-corrected chi connectivity index (χ2v) is 6.41. The molecule has 0 bridgehead atoms. The van der Waals surface area contributed by atoms with Crippen LogP contribution in [0, 0.1) is 0 Å². The first-order valence-corrected chi connectivity index (χ1v) is 7.44. The van der Waals surface area contributed by atoms with E-state index in [1.54, 1.807) is 24.3 Å². The van der Waals surface area contributed by atoms with E-state index < -0.39 is 9.84 Å². The molecule has 0 amide bonds. The highest BCUT2D eigenvalue weighted by molar-refractivity contribution is 7.90. The van der Waals surface area contributed by atoms with Crippen molar-refractivity contribution in [1.29, 1.82) is 0 Å². The number of phenols is 1. The standard InChI is InChI=1S/C13H11ClO3S/c1-18(16,17)11-6-7-13(15)12(8-11)9-2-4-10(14)5-3-9/h2-8,15H,1H3. The van der Waals surface area contributed by atoms with Crippen molar-refractivity contribution in [2.75, 3.05) is 6.26 Å². The molecule has 3 nitrogen and oxygen atoms in total. The lowest BCUT2D eigenvalue weighted by Gasteiger charge is -2.07. The van der Waals surface area contributed by atoms with Crippen LogP contribution in [0.4, 0.5) is 0 Å². The first-order chi connectivity index (χ1) is 8.38. The normalized spacial score (nSPS) is 11.4. The quantitative estimate of drug-likeness (QED) is 0.921. The van der Waals surface area contributed by atoms with Gasteiger partial charge in [-0.1, -0.05) is 23.7 Å². The van der Waals surface area contributed by atoms with Crippen LogP contribution in [0.25, 0.3) is 11.1 Å². The zero-order chi connectivity index (χ0) is 13.3. The van der Waals surface area contributed by atoms with Crippen LogP contribution in [-0.2, 0) is 9.84 Å². The monoisotopic (exact) mass is 282 g/mol. The molecule has 0 spiro atoms. The van der Waals surface area contributed by atoms with Crippen molar-refractivity contribution in [3.63, 3.8) is 0 Å². The molecule has 0 aromatic heterocycles. The van der Waals surface area contributed by atoms with E-state index in [0.717, 1.165) is 6.26 Å². The van der Waals surface area contributed by atoms with Crippen LogP contribution < -0.4 is 0 Å². The Kier molecular flexibility index (Phi) is 3.32. The molecule has 18 heavy (non-hydrogen) atoms. The van der Waals surface area contributed by atoms with Crippen LogP contribution in [0.1, 0.15) is 0 Å². The number of halogens is 1. The van der Waals surface area contributed by atoms with E-state index in [0.29, 0.717) is 16.1 Å². The average Bonchev–Trinajstić information content (AvgIpc) is 2.29. The van der Waals surface area contributed by atoms with Gasteiger partial charge >= 0.3 is 0 Å². The number of hydrogen-bond acceptors (Lipinski definition) is 3. The van der Waals surface area contributed by atoms with Gasteiger partial charge in [-0.3, -0.25) is 0 Å². The first-order valence-electron chi connectivity index (χ1n) is 5.17. The van der Waals surface area contributed by atoms with E-state index in [1.165, 1.54) is 18.2 Å². The van der Waals surface area contributed by atoms with Crippen molar-refractivity contribution in [3.8, 4) is 16.9 Å². The van der Waals surface area contributed by atoms with Gasteiger partial charge in [0.05, 0.1) is 4.90 Å². The van der Waals surface area contributed by atoms with Crippen molar-refractivity contribution >= 4 is 21.4 Å². The van der Waals surface area contributed by atoms with Crippen molar-refractivity contribution in [2.24, 2.45) is 0 Å². The summed E-state index contributed by atoms with van der Waals surface area (Å²) < 4.78 is 23.0. The Bertz CT molecular complexity index is 676. The molecule has 94 valence electrons. The van der Waals surface area contributed by atoms with Gasteiger partial charge in [-0.2, -0.15) is 0 Å². The van der Waals surface area contributed by atoms with Crippen molar-refractivity contribution in [2.45, 2.75) is 4.90 Å². The van der Waals surface area contributed by atoms with E-state index in [4.69, 9.17) is 11.6 Å². The van der Waals surface area contributed by atoms with Gasteiger partial charge in [0.1, 0.15) is 5.75 Å². The predicted octanol–water partition coefficient (Wildman–Crippen LogP) is 3.12. The van der Waals surface area contributed by atoms with E-state index in [-0.39, 0.29) is 10.6 Å². The Hall–Kier alpha value is -1.52. The van der Waals surface area contributed by atoms with Crippen LogP contribution in [0.2, 0.25) is 5.02 Å². The molecule has 0 aliphatic heterocycles. The molecule has 0 atom stereocenters. The van der Waals surface area contributed by atoms with Gasteiger partial charge in [-0.25, -0.2) is 8.42 Å². The maximum absolute atomic E-state index is 11.5. The molecule has 0 saturated heterocycles. The minimum absolute atomic E-state index is 0.0322. The molecule has 0 saturated carbocycles. The molecule has 0 unspecified atom stereocenters. The lowest BCUT2D eigenvalue weighted by atomic mass is 10.1. The Labute approximate surface area is 111 Å². The average molecular weight is 283 g/mol. The number of hydrogen-bond donors (Lipinski definition) is 1. The van der Waals surface area contributed by atoms with Gasteiger partial charge in [0.25, 0.3) is 0 Å². The van der Waals surface area contributed by atoms with Crippen LogP contribution in [0.5, 0.6) is 5.75 Å². The summed E-state index contributed by atoms with van der Waals surface area (Å²) in [6.07, 6.45) is 1.13. The fourth-order valence-corrected chi connectivity index (χ4v) is 2.38. The van der Waals surface area contributed by atoms with Crippen LogP contribution in [-0.4, -0.2) is 19.8 Å². The number of benzene rings is 2. The first kappa shape index (κ1) is 12.9. The molecule has 1 N–H and O–H groups in total. The predicted molar refractivity (Wildman–Crippen MR) is 71.7 cm³/mol. The molecule has 0 fully saturated rings. The summed E-state index contributed by atoms with van der Waals surface area (Å²) in [6, 6.07) is 11.0. The highest BCUT2D eigenvalue weighted by atomic mass is 35.5. The van der Waals surface area contributed by atoms with Gasteiger partial charge < -0.3 is 5.11 Å². The van der Waals surface area contributed by atoms with Gasteiger partial charge in [0.15, 0.2) is 9.84 Å². The van der Waals surface area contributed by atoms with Crippen molar-refractivity contribution in [1.82, 2.24) is 0 Å². The zero-order valence-corrected chi connectivity index (χ0v) is 11.2. The third-order valence-corrected chi connectivity index (χ3v) is 3.91. The summed E-state index contributed by atoms with van der Waals surface area (Å²) in [6.45, 7) is 0. The summed E-state index contributed by atoms with van der Waals surface area (Å²) in [5.74, 6) is 0.0322. The summed E-state index contributed by atoms with van der Waals surface area (Å²) >= 11 is 5.78. The molecule has 2 aromatic carbocycles. The molecule has 0 radical (unpaired) electrons. The fraction of sp³-hybridized carbons (Fsp3) is 0.0769. The second kappa shape index (κ2) is 4.63. The topological polar surface area (TPSA) is 54.4 Å². The minimum Gasteiger partial charge on any atom is -0.507 e. The highest BCUT2D eigenvalue weighted by Gasteiger charge is 2.11. The van der Waals surface area contributed by atoms with Gasteiger partial charge in [0, 0.05) is 16.8 Å². The van der Waals surface area contributed by atoms with Crippen LogP contribution >= 0.6 is 11.6 Å². The third kappa shape index (κ3) is 2.66. The number of sulfone groups is 1.